The molecule has 1 aromatic heterocycles. The minimum atomic E-state index is -0.153. The van der Waals surface area contributed by atoms with Gasteiger partial charge in [0.2, 0.25) is 0 Å². The summed E-state index contributed by atoms with van der Waals surface area (Å²) in [5.41, 5.74) is 3.74. The second-order valence-corrected chi connectivity index (χ2v) is 7.72. The van der Waals surface area contributed by atoms with Gasteiger partial charge in [-0.1, -0.05) is 17.7 Å². The Hall–Kier alpha value is -2.62. The Morgan fingerprint density at radius 3 is 3.04 bits per heavy atom. The predicted molar refractivity (Wildman–Crippen MR) is 112 cm³/mol. The summed E-state index contributed by atoms with van der Waals surface area (Å²) in [7, 11) is 0. The second-order valence-electron chi connectivity index (χ2n) is 6.25. The maximum Gasteiger partial charge on any atom is 0.255 e. The summed E-state index contributed by atoms with van der Waals surface area (Å²) in [6, 6.07) is 11.7. The average Bonchev–Trinajstić information content (AvgIpc) is 3.08. The van der Waals surface area contributed by atoms with E-state index in [9.17, 15) is 10.1 Å². The van der Waals surface area contributed by atoms with E-state index in [0.717, 1.165) is 41.2 Å². The van der Waals surface area contributed by atoms with Gasteiger partial charge in [0, 0.05) is 46.2 Å². The minimum Gasteiger partial charge on any atom is -0.385 e. The van der Waals surface area contributed by atoms with Crippen LogP contribution < -0.4 is 15.2 Å². The van der Waals surface area contributed by atoms with Gasteiger partial charge in [-0.3, -0.25) is 4.79 Å². The Labute approximate surface area is 166 Å². The van der Waals surface area contributed by atoms with Gasteiger partial charge in [-0.15, -0.1) is 0 Å². The molecule has 0 bridgehead atoms. The lowest BCUT2D eigenvalue weighted by atomic mass is 10.1. The third-order valence-electron chi connectivity index (χ3n) is 4.60. The maximum atomic E-state index is 12.1. The van der Waals surface area contributed by atoms with Crippen molar-refractivity contribution in [2.45, 2.75) is 18.2 Å². The standard InChI is InChI=1S/C20H17ClN4OS/c1-2-23-16-8-12(10-22)9-17-13(16)6-7-25(17)27-18-5-3-4-14-19(18)15(21)11-24-20(14)26/h3-5,8-9,11,23H,2,6-7H2,1H3,(H,24,26). The molecule has 27 heavy (non-hydrogen) atoms. The summed E-state index contributed by atoms with van der Waals surface area (Å²) in [4.78, 5) is 15.7. The van der Waals surface area contributed by atoms with Gasteiger partial charge in [0.25, 0.3) is 5.56 Å². The molecule has 0 radical (unpaired) electrons. The quantitative estimate of drug-likeness (QED) is 0.633. The number of H-pyrrole nitrogens is 1. The van der Waals surface area contributed by atoms with Gasteiger partial charge in [0.15, 0.2) is 0 Å². The number of fused-ring (bicyclic) bond motifs is 2. The molecule has 0 amide bonds. The average molecular weight is 397 g/mol. The number of hydrogen-bond donors (Lipinski definition) is 2. The van der Waals surface area contributed by atoms with Gasteiger partial charge in [-0.25, -0.2) is 0 Å². The number of benzene rings is 2. The van der Waals surface area contributed by atoms with Gasteiger partial charge in [0.1, 0.15) is 0 Å². The second kappa shape index (κ2) is 7.18. The van der Waals surface area contributed by atoms with Gasteiger partial charge in [0.05, 0.1) is 22.3 Å². The van der Waals surface area contributed by atoms with Crippen molar-refractivity contribution in [2.75, 3.05) is 22.7 Å². The molecule has 4 rings (SSSR count). The van der Waals surface area contributed by atoms with Crippen LogP contribution in [0.5, 0.6) is 0 Å². The van der Waals surface area contributed by atoms with Crippen LogP contribution in [0, 0.1) is 11.3 Å². The highest BCUT2D eigenvalue weighted by Crippen LogP contribution is 2.42. The van der Waals surface area contributed by atoms with Crippen LogP contribution in [0.1, 0.15) is 18.1 Å². The number of pyridine rings is 1. The molecular weight excluding hydrogens is 380 g/mol. The van der Waals surface area contributed by atoms with Crippen molar-refractivity contribution >= 4 is 45.7 Å². The van der Waals surface area contributed by atoms with E-state index in [2.05, 4.69) is 20.7 Å². The molecule has 0 saturated carbocycles. The minimum absolute atomic E-state index is 0.153. The van der Waals surface area contributed by atoms with Crippen LogP contribution in [0.25, 0.3) is 10.8 Å². The lowest BCUT2D eigenvalue weighted by molar-refractivity contribution is 1.05. The van der Waals surface area contributed by atoms with Crippen LogP contribution in [0.4, 0.5) is 11.4 Å². The zero-order chi connectivity index (χ0) is 19.0. The van der Waals surface area contributed by atoms with Crippen molar-refractivity contribution in [1.82, 2.24) is 4.98 Å². The zero-order valence-corrected chi connectivity index (χ0v) is 16.2. The van der Waals surface area contributed by atoms with Gasteiger partial charge in [-0.05, 0) is 49.6 Å². The number of rotatable bonds is 4. The molecule has 2 aromatic carbocycles. The van der Waals surface area contributed by atoms with E-state index in [0.29, 0.717) is 16.0 Å². The third-order valence-corrected chi connectivity index (χ3v) is 6.04. The van der Waals surface area contributed by atoms with Crippen molar-refractivity contribution in [3.8, 4) is 6.07 Å². The predicted octanol–water partition coefficient (Wildman–Crippen LogP) is 4.55. The van der Waals surface area contributed by atoms with Crippen LogP contribution in [0.15, 0.2) is 46.2 Å². The summed E-state index contributed by atoms with van der Waals surface area (Å²) < 4.78 is 2.17. The van der Waals surface area contributed by atoms with E-state index in [1.807, 2.05) is 31.2 Å². The smallest absolute Gasteiger partial charge is 0.255 e. The molecule has 1 aliphatic heterocycles. The number of aromatic nitrogens is 1. The highest BCUT2D eigenvalue weighted by atomic mass is 35.5. The SMILES string of the molecule is CCNc1cc(C#N)cc2c1CCN2Sc1cccc2c(=O)[nH]cc(Cl)c12. The first-order valence-corrected chi connectivity index (χ1v) is 9.83. The zero-order valence-electron chi connectivity index (χ0n) is 14.7. The van der Waals surface area contributed by atoms with E-state index in [4.69, 9.17) is 11.6 Å². The topological polar surface area (TPSA) is 71.9 Å². The summed E-state index contributed by atoms with van der Waals surface area (Å²) in [6.45, 7) is 3.67. The van der Waals surface area contributed by atoms with Gasteiger partial charge in [-0.2, -0.15) is 5.26 Å². The molecular formula is C20H17ClN4OS. The number of halogens is 1. The molecule has 0 unspecified atom stereocenters. The lowest BCUT2D eigenvalue weighted by Crippen LogP contribution is -2.11. The normalized spacial score (nSPS) is 12.9. The molecule has 5 nitrogen and oxygen atoms in total. The molecule has 0 atom stereocenters. The largest absolute Gasteiger partial charge is 0.385 e. The summed E-state index contributed by atoms with van der Waals surface area (Å²) >= 11 is 7.93. The van der Waals surface area contributed by atoms with E-state index < -0.39 is 0 Å². The Morgan fingerprint density at radius 1 is 1.41 bits per heavy atom. The van der Waals surface area contributed by atoms with Crippen LogP contribution in [0.3, 0.4) is 0 Å². The maximum absolute atomic E-state index is 12.1. The molecule has 2 N–H and O–H groups in total. The fourth-order valence-corrected chi connectivity index (χ4v) is 4.87. The Balaban J connectivity index is 1.79. The first kappa shape index (κ1) is 17.8. The Kier molecular flexibility index (Phi) is 4.73. The van der Waals surface area contributed by atoms with Crippen molar-refractivity contribution < 1.29 is 0 Å². The molecule has 1 aliphatic rings. The molecule has 136 valence electrons. The van der Waals surface area contributed by atoms with Crippen LogP contribution >= 0.6 is 23.5 Å². The summed E-state index contributed by atoms with van der Waals surface area (Å²) in [6.07, 6.45) is 2.43. The molecule has 3 aromatic rings. The Bertz CT molecular complexity index is 1140. The van der Waals surface area contributed by atoms with Crippen LogP contribution in [0.2, 0.25) is 5.02 Å². The fourth-order valence-electron chi connectivity index (χ4n) is 3.42. The monoisotopic (exact) mass is 396 g/mol. The molecule has 7 heteroatoms. The van der Waals surface area contributed by atoms with E-state index in [1.54, 1.807) is 18.0 Å². The lowest BCUT2D eigenvalue weighted by Gasteiger charge is -2.20. The van der Waals surface area contributed by atoms with Crippen molar-refractivity contribution in [3.05, 3.63) is 63.0 Å². The number of nitriles is 1. The molecule has 0 spiro atoms. The van der Waals surface area contributed by atoms with Crippen molar-refractivity contribution in [2.24, 2.45) is 0 Å². The number of nitrogens with one attached hydrogen (secondary N) is 2. The number of anilines is 2. The summed E-state index contributed by atoms with van der Waals surface area (Å²) in [5, 5.41) is 14.6. The van der Waals surface area contributed by atoms with E-state index in [1.165, 1.54) is 11.8 Å². The Morgan fingerprint density at radius 2 is 2.26 bits per heavy atom. The molecule has 2 heterocycles. The van der Waals surface area contributed by atoms with Crippen LogP contribution in [-0.4, -0.2) is 18.1 Å². The highest BCUT2D eigenvalue weighted by Gasteiger charge is 2.25. The molecule has 0 aliphatic carbocycles. The fraction of sp³-hybridized carbons (Fsp3) is 0.200. The highest BCUT2D eigenvalue weighted by molar-refractivity contribution is 8.01. The number of aromatic amines is 1. The first-order chi connectivity index (χ1) is 13.1. The number of hydrogen-bond acceptors (Lipinski definition) is 5. The van der Waals surface area contributed by atoms with Crippen molar-refractivity contribution in [3.63, 3.8) is 0 Å². The van der Waals surface area contributed by atoms with E-state index >= 15 is 0 Å². The number of nitrogens with zero attached hydrogens (tertiary/aromatic N) is 2. The van der Waals surface area contributed by atoms with Gasteiger partial charge >= 0.3 is 0 Å². The first-order valence-electron chi connectivity index (χ1n) is 8.68. The third kappa shape index (κ3) is 3.14. The summed E-state index contributed by atoms with van der Waals surface area (Å²) in [5.74, 6) is 0. The molecule has 0 fully saturated rings. The molecule has 0 saturated heterocycles. The van der Waals surface area contributed by atoms with E-state index in [-0.39, 0.29) is 5.56 Å². The van der Waals surface area contributed by atoms with Crippen LogP contribution in [-0.2, 0) is 6.42 Å². The van der Waals surface area contributed by atoms with Gasteiger partial charge < -0.3 is 14.6 Å². The van der Waals surface area contributed by atoms with Crippen molar-refractivity contribution in [1.29, 1.82) is 5.26 Å².